The second-order valence-electron chi connectivity index (χ2n) is 2.71. The number of rotatable bonds is 2. The van der Waals surface area contributed by atoms with Crippen molar-refractivity contribution in [2.75, 3.05) is 0 Å². The number of aromatic nitrogens is 1. The lowest BCUT2D eigenvalue weighted by Crippen LogP contribution is -1.98. The van der Waals surface area contributed by atoms with Gasteiger partial charge in [-0.15, -0.1) is 0 Å². The third kappa shape index (κ3) is 1.20. The SMILES string of the molecule is NOCc1ccc2cc[nH]c2c1. The number of nitrogens with one attached hydrogen (secondary N) is 1. The standard InChI is InChI=1S/C9H10N2O/c10-12-6-7-1-2-8-3-4-11-9(8)5-7/h1-5,11H,6,10H2. The summed E-state index contributed by atoms with van der Waals surface area (Å²) >= 11 is 0. The van der Waals surface area contributed by atoms with Crippen LogP contribution in [0.3, 0.4) is 0 Å². The summed E-state index contributed by atoms with van der Waals surface area (Å²) in [4.78, 5) is 7.66. The van der Waals surface area contributed by atoms with Gasteiger partial charge in [0.05, 0.1) is 6.61 Å². The maximum atomic E-state index is 4.97. The molecule has 0 aliphatic rings. The Morgan fingerprint density at radius 2 is 2.25 bits per heavy atom. The van der Waals surface area contributed by atoms with Crippen LogP contribution in [0.5, 0.6) is 0 Å². The molecule has 12 heavy (non-hydrogen) atoms. The van der Waals surface area contributed by atoms with Crippen LogP contribution >= 0.6 is 0 Å². The highest BCUT2D eigenvalue weighted by atomic mass is 16.6. The fourth-order valence-corrected chi connectivity index (χ4v) is 1.28. The van der Waals surface area contributed by atoms with Crippen molar-refractivity contribution >= 4 is 10.9 Å². The van der Waals surface area contributed by atoms with Gasteiger partial charge < -0.3 is 4.98 Å². The van der Waals surface area contributed by atoms with Crippen LogP contribution in [-0.2, 0) is 11.4 Å². The van der Waals surface area contributed by atoms with Gasteiger partial charge >= 0.3 is 0 Å². The minimum absolute atomic E-state index is 0.453. The molecule has 62 valence electrons. The van der Waals surface area contributed by atoms with E-state index in [0.29, 0.717) is 6.61 Å². The van der Waals surface area contributed by atoms with Gasteiger partial charge in [-0.2, -0.15) is 0 Å². The smallest absolute Gasteiger partial charge is 0.0930 e. The Hall–Kier alpha value is -1.32. The normalized spacial score (nSPS) is 10.8. The maximum Gasteiger partial charge on any atom is 0.0930 e. The molecular weight excluding hydrogens is 152 g/mol. The molecule has 3 heteroatoms. The molecule has 0 aliphatic carbocycles. The molecule has 0 saturated carbocycles. The molecule has 0 spiro atoms. The van der Waals surface area contributed by atoms with E-state index in [2.05, 4.69) is 9.82 Å². The van der Waals surface area contributed by atoms with E-state index in [1.165, 1.54) is 5.39 Å². The highest BCUT2D eigenvalue weighted by Crippen LogP contribution is 2.14. The van der Waals surface area contributed by atoms with E-state index < -0.39 is 0 Å². The number of H-pyrrole nitrogens is 1. The second kappa shape index (κ2) is 2.97. The predicted octanol–water partition coefficient (Wildman–Crippen LogP) is 1.56. The molecule has 3 N–H and O–H groups in total. The first-order valence-corrected chi connectivity index (χ1v) is 3.78. The highest BCUT2D eigenvalue weighted by Gasteiger charge is 1.95. The van der Waals surface area contributed by atoms with Crippen LogP contribution in [0, 0.1) is 0 Å². The average Bonchev–Trinajstić information content (AvgIpc) is 2.51. The minimum atomic E-state index is 0.453. The number of hydrogen-bond donors (Lipinski definition) is 2. The first-order valence-electron chi connectivity index (χ1n) is 3.78. The van der Waals surface area contributed by atoms with Crippen LogP contribution in [-0.4, -0.2) is 4.98 Å². The van der Waals surface area contributed by atoms with Gasteiger partial charge in [-0.1, -0.05) is 12.1 Å². The number of fused-ring (bicyclic) bond motifs is 1. The number of nitrogens with two attached hydrogens (primary N) is 1. The van der Waals surface area contributed by atoms with Gasteiger partial charge in [0.25, 0.3) is 0 Å². The van der Waals surface area contributed by atoms with E-state index in [-0.39, 0.29) is 0 Å². The molecular formula is C9H10N2O. The number of aromatic amines is 1. The van der Waals surface area contributed by atoms with Crippen molar-refractivity contribution in [3.8, 4) is 0 Å². The summed E-state index contributed by atoms with van der Waals surface area (Å²) in [6.07, 6.45) is 1.91. The van der Waals surface area contributed by atoms with Crippen molar-refractivity contribution in [1.29, 1.82) is 0 Å². The van der Waals surface area contributed by atoms with E-state index in [9.17, 15) is 0 Å². The van der Waals surface area contributed by atoms with E-state index in [1.54, 1.807) is 0 Å². The van der Waals surface area contributed by atoms with Crippen LogP contribution in [0.25, 0.3) is 10.9 Å². The molecule has 2 rings (SSSR count). The first kappa shape index (κ1) is 7.34. The van der Waals surface area contributed by atoms with E-state index in [4.69, 9.17) is 5.90 Å². The summed E-state index contributed by atoms with van der Waals surface area (Å²) < 4.78 is 0. The zero-order valence-electron chi connectivity index (χ0n) is 6.58. The van der Waals surface area contributed by atoms with E-state index in [0.717, 1.165) is 11.1 Å². The van der Waals surface area contributed by atoms with Gasteiger partial charge in [0.2, 0.25) is 0 Å². The van der Waals surface area contributed by atoms with Crippen LogP contribution in [0.1, 0.15) is 5.56 Å². The molecule has 1 heterocycles. The van der Waals surface area contributed by atoms with E-state index >= 15 is 0 Å². The molecule has 1 aromatic carbocycles. The fourth-order valence-electron chi connectivity index (χ4n) is 1.28. The molecule has 0 bridgehead atoms. The van der Waals surface area contributed by atoms with Gasteiger partial charge in [-0.3, -0.25) is 4.84 Å². The molecule has 0 atom stereocenters. The molecule has 3 nitrogen and oxygen atoms in total. The molecule has 1 aromatic heterocycles. The summed E-state index contributed by atoms with van der Waals surface area (Å²) in [5.41, 5.74) is 2.19. The fraction of sp³-hybridized carbons (Fsp3) is 0.111. The summed E-state index contributed by atoms with van der Waals surface area (Å²) in [6, 6.07) is 8.10. The van der Waals surface area contributed by atoms with E-state index in [1.807, 2.05) is 30.5 Å². The predicted molar refractivity (Wildman–Crippen MR) is 47.3 cm³/mol. The van der Waals surface area contributed by atoms with Crippen LogP contribution in [0.15, 0.2) is 30.5 Å². The second-order valence-corrected chi connectivity index (χ2v) is 2.71. The zero-order chi connectivity index (χ0) is 8.39. The lowest BCUT2D eigenvalue weighted by Gasteiger charge is -1.97. The Morgan fingerprint density at radius 1 is 1.33 bits per heavy atom. The van der Waals surface area contributed by atoms with Crippen molar-refractivity contribution in [2.45, 2.75) is 6.61 Å². The Morgan fingerprint density at radius 3 is 3.08 bits per heavy atom. The van der Waals surface area contributed by atoms with Crippen LogP contribution < -0.4 is 5.90 Å². The molecule has 0 amide bonds. The topological polar surface area (TPSA) is 51.0 Å². The van der Waals surface area contributed by atoms with Crippen LogP contribution in [0.2, 0.25) is 0 Å². The van der Waals surface area contributed by atoms with Crippen LogP contribution in [0.4, 0.5) is 0 Å². The van der Waals surface area contributed by atoms with Gasteiger partial charge in [-0.05, 0) is 23.1 Å². The molecule has 0 radical (unpaired) electrons. The largest absolute Gasteiger partial charge is 0.361 e. The lowest BCUT2D eigenvalue weighted by atomic mass is 10.2. The van der Waals surface area contributed by atoms with Gasteiger partial charge in [0.15, 0.2) is 0 Å². The van der Waals surface area contributed by atoms with Gasteiger partial charge in [-0.25, -0.2) is 5.90 Å². The molecule has 2 aromatic rings. The minimum Gasteiger partial charge on any atom is -0.361 e. The maximum absolute atomic E-state index is 4.97. The quantitative estimate of drug-likeness (QED) is 0.658. The summed E-state index contributed by atoms with van der Waals surface area (Å²) in [6.45, 7) is 0.453. The van der Waals surface area contributed by atoms with Crippen molar-refractivity contribution in [1.82, 2.24) is 4.98 Å². The van der Waals surface area contributed by atoms with Crippen molar-refractivity contribution in [3.63, 3.8) is 0 Å². The number of hydrogen-bond acceptors (Lipinski definition) is 2. The first-order chi connectivity index (χ1) is 5.90. The third-order valence-electron chi connectivity index (χ3n) is 1.87. The van der Waals surface area contributed by atoms with Crippen molar-refractivity contribution < 1.29 is 4.84 Å². The highest BCUT2D eigenvalue weighted by molar-refractivity contribution is 5.79. The van der Waals surface area contributed by atoms with Gasteiger partial charge in [0, 0.05) is 11.7 Å². The molecule has 0 fully saturated rings. The zero-order valence-corrected chi connectivity index (χ0v) is 6.58. The van der Waals surface area contributed by atoms with Crippen molar-refractivity contribution in [2.24, 2.45) is 5.90 Å². The van der Waals surface area contributed by atoms with Gasteiger partial charge in [0.1, 0.15) is 0 Å². The Bertz CT molecular complexity index is 381. The Labute approximate surface area is 70.1 Å². The molecule has 0 aliphatic heterocycles. The summed E-state index contributed by atoms with van der Waals surface area (Å²) in [5.74, 6) is 4.97. The lowest BCUT2D eigenvalue weighted by molar-refractivity contribution is 0.124. The summed E-state index contributed by atoms with van der Waals surface area (Å²) in [5, 5.41) is 1.20. The van der Waals surface area contributed by atoms with Crippen molar-refractivity contribution in [3.05, 3.63) is 36.0 Å². The Kier molecular flexibility index (Phi) is 1.81. The Balaban J connectivity index is 2.46. The number of benzene rings is 1. The summed E-state index contributed by atoms with van der Waals surface area (Å²) in [7, 11) is 0. The third-order valence-corrected chi connectivity index (χ3v) is 1.87. The monoisotopic (exact) mass is 162 g/mol. The molecule has 0 unspecified atom stereocenters. The molecule has 0 saturated heterocycles. The average molecular weight is 162 g/mol.